The molecular formula is C26H34N6O. The monoisotopic (exact) mass is 446 g/mol. The molecule has 4 rings (SSSR count). The molecule has 33 heavy (non-hydrogen) atoms. The first kappa shape index (κ1) is 22.8. The number of para-hydroxylation sites is 2. The van der Waals surface area contributed by atoms with E-state index in [1.807, 2.05) is 11.0 Å². The summed E-state index contributed by atoms with van der Waals surface area (Å²) in [5.41, 5.74) is 4.55. The van der Waals surface area contributed by atoms with Crippen LogP contribution in [0.4, 0.5) is 0 Å². The van der Waals surface area contributed by atoms with Crippen LogP contribution >= 0.6 is 0 Å². The summed E-state index contributed by atoms with van der Waals surface area (Å²) in [6.07, 6.45) is 2.63. The van der Waals surface area contributed by atoms with Crippen LogP contribution in [0.2, 0.25) is 0 Å². The van der Waals surface area contributed by atoms with Gasteiger partial charge in [-0.3, -0.25) is 4.79 Å². The molecule has 2 aromatic carbocycles. The Morgan fingerprint density at radius 3 is 2.79 bits per heavy atom. The maximum Gasteiger partial charge on any atom is 0.222 e. The molecule has 1 aromatic heterocycles. The Hall–Kier alpha value is -3.35. The average Bonchev–Trinajstić information content (AvgIpc) is 3.37. The number of amides is 1. The molecule has 1 aliphatic rings. The van der Waals surface area contributed by atoms with Gasteiger partial charge in [-0.2, -0.15) is 0 Å². The van der Waals surface area contributed by atoms with Gasteiger partial charge in [-0.1, -0.05) is 36.4 Å². The molecule has 0 atom stereocenters. The van der Waals surface area contributed by atoms with Crippen LogP contribution in [0, 0.1) is 6.92 Å². The minimum Gasteiger partial charge on any atom is -0.357 e. The van der Waals surface area contributed by atoms with Crippen molar-refractivity contribution in [3.8, 4) is 0 Å². The molecule has 0 saturated carbocycles. The smallest absolute Gasteiger partial charge is 0.222 e. The molecule has 1 fully saturated rings. The Bertz CT molecular complexity index is 1120. The van der Waals surface area contributed by atoms with E-state index < -0.39 is 0 Å². The second-order valence-corrected chi connectivity index (χ2v) is 8.51. The van der Waals surface area contributed by atoms with E-state index in [1.165, 1.54) is 11.1 Å². The van der Waals surface area contributed by atoms with Crippen LogP contribution in [0.15, 0.2) is 53.5 Å². The number of benzene rings is 2. The fourth-order valence-corrected chi connectivity index (χ4v) is 4.35. The maximum atomic E-state index is 11.9. The lowest BCUT2D eigenvalue weighted by Gasteiger charge is -2.16. The zero-order valence-corrected chi connectivity index (χ0v) is 19.7. The number of nitrogens with zero attached hydrogens (tertiary/aromatic N) is 4. The second-order valence-electron chi connectivity index (χ2n) is 8.51. The van der Waals surface area contributed by atoms with Gasteiger partial charge in [0.15, 0.2) is 5.96 Å². The Labute approximate surface area is 195 Å². The molecule has 7 heteroatoms. The van der Waals surface area contributed by atoms with E-state index in [2.05, 4.69) is 76.5 Å². The number of aromatic nitrogens is 2. The summed E-state index contributed by atoms with van der Waals surface area (Å²) in [5, 5.41) is 6.79. The second kappa shape index (κ2) is 11.0. The first-order chi connectivity index (χ1) is 16.1. The summed E-state index contributed by atoms with van der Waals surface area (Å²) in [4.78, 5) is 23.3. The molecule has 1 amide bonds. The first-order valence-corrected chi connectivity index (χ1v) is 11.9. The standard InChI is InChI=1S/C26H34N6O/c1-3-27-26(28-14-8-16-32-20(2)30-23-11-4-5-12-24(23)32)29-18-21-9-6-10-22(17-21)19-31-15-7-13-25(31)33/h4-6,9-12,17H,3,7-8,13-16,18-19H2,1-2H3,(H2,27,28,29). The third kappa shape index (κ3) is 5.92. The number of aryl methyl sites for hydroxylation is 2. The van der Waals surface area contributed by atoms with E-state index in [4.69, 9.17) is 4.99 Å². The number of hydrogen-bond donors (Lipinski definition) is 2. The van der Waals surface area contributed by atoms with Crippen LogP contribution in [-0.2, 0) is 24.4 Å². The van der Waals surface area contributed by atoms with Gasteiger partial charge in [0, 0.05) is 39.1 Å². The van der Waals surface area contributed by atoms with Gasteiger partial charge in [0.1, 0.15) is 5.82 Å². The lowest BCUT2D eigenvalue weighted by molar-refractivity contribution is -0.128. The molecule has 0 unspecified atom stereocenters. The number of likely N-dealkylation sites (tertiary alicyclic amines) is 1. The predicted octanol–water partition coefficient (Wildman–Crippen LogP) is 3.61. The highest BCUT2D eigenvalue weighted by molar-refractivity contribution is 5.80. The molecule has 2 N–H and O–H groups in total. The number of aliphatic imine (C=N–C) groups is 1. The zero-order valence-electron chi connectivity index (χ0n) is 19.7. The van der Waals surface area contributed by atoms with Crippen molar-refractivity contribution in [2.24, 2.45) is 4.99 Å². The Morgan fingerprint density at radius 2 is 1.97 bits per heavy atom. The maximum absolute atomic E-state index is 11.9. The lowest BCUT2D eigenvalue weighted by Crippen LogP contribution is -2.38. The summed E-state index contributed by atoms with van der Waals surface area (Å²) in [6.45, 7) is 8.85. The number of imidazole rings is 1. The van der Waals surface area contributed by atoms with Gasteiger partial charge in [0.05, 0.1) is 17.6 Å². The normalized spacial score (nSPS) is 14.3. The molecule has 3 aromatic rings. The first-order valence-electron chi connectivity index (χ1n) is 11.9. The largest absolute Gasteiger partial charge is 0.357 e. The van der Waals surface area contributed by atoms with Gasteiger partial charge in [-0.05, 0) is 49.9 Å². The Kier molecular flexibility index (Phi) is 7.60. The molecule has 7 nitrogen and oxygen atoms in total. The third-order valence-electron chi connectivity index (χ3n) is 6.00. The van der Waals surface area contributed by atoms with Gasteiger partial charge in [-0.25, -0.2) is 9.98 Å². The number of nitrogens with one attached hydrogen (secondary N) is 2. The van der Waals surface area contributed by atoms with Crippen LogP contribution in [0.25, 0.3) is 11.0 Å². The predicted molar refractivity (Wildman–Crippen MR) is 133 cm³/mol. The van der Waals surface area contributed by atoms with Gasteiger partial charge in [-0.15, -0.1) is 0 Å². The summed E-state index contributed by atoms with van der Waals surface area (Å²) in [6, 6.07) is 16.7. The van der Waals surface area contributed by atoms with Gasteiger partial charge in [0.25, 0.3) is 0 Å². The molecule has 1 saturated heterocycles. The van der Waals surface area contributed by atoms with E-state index in [0.29, 0.717) is 19.5 Å². The van der Waals surface area contributed by atoms with E-state index in [9.17, 15) is 4.79 Å². The highest BCUT2D eigenvalue weighted by atomic mass is 16.2. The van der Waals surface area contributed by atoms with Crippen LogP contribution in [0.1, 0.15) is 43.1 Å². The molecule has 0 bridgehead atoms. The molecule has 1 aliphatic heterocycles. The van der Waals surface area contributed by atoms with Crippen molar-refractivity contribution in [2.75, 3.05) is 19.6 Å². The minimum atomic E-state index is 0.260. The van der Waals surface area contributed by atoms with Crippen LogP contribution in [0.3, 0.4) is 0 Å². The Balaban J connectivity index is 1.31. The molecule has 2 heterocycles. The van der Waals surface area contributed by atoms with E-state index in [0.717, 1.165) is 61.9 Å². The van der Waals surface area contributed by atoms with Crippen molar-refractivity contribution < 1.29 is 4.79 Å². The van der Waals surface area contributed by atoms with Gasteiger partial charge < -0.3 is 20.1 Å². The van der Waals surface area contributed by atoms with E-state index >= 15 is 0 Å². The summed E-state index contributed by atoms with van der Waals surface area (Å²) in [5.74, 6) is 2.13. The van der Waals surface area contributed by atoms with E-state index in [-0.39, 0.29) is 5.91 Å². The lowest BCUT2D eigenvalue weighted by atomic mass is 10.1. The SMILES string of the molecule is CCNC(=NCc1cccc(CN2CCCC2=O)c1)NCCCn1c(C)nc2ccccc21. The molecule has 0 aliphatic carbocycles. The highest BCUT2D eigenvalue weighted by Gasteiger charge is 2.19. The summed E-state index contributed by atoms with van der Waals surface area (Å²) < 4.78 is 2.28. The highest BCUT2D eigenvalue weighted by Crippen LogP contribution is 2.16. The van der Waals surface area contributed by atoms with E-state index in [1.54, 1.807) is 0 Å². The van der Waals surface area contributed by atoms with Crippen molar-refractivity contribution in [1.29, 1.82) is 0 Å². The van der Waals surface area contributed by atoms with Crippen molar-refractivity contribution >= 4 is 22.9 Å². The summed E-state index contributed by atoms with van der Waals surface area (Å²) >= 11 is 0. The summed E-state index contributed by atoms with van der Waals surface area (Å²) in [7, 11) is 0. The van der Waals surface area contributed by atoms with Gasteiger partial charge in [0.2, 0.25) is 5.91 Å². The molecule has 174 valence electrons. The van der Waals surface area contributed by atoms with Crippen LogP contribution < -0.4 is 10.6 Å². The molecule has 0 spiro atoms. The van der Waals surface area contributed by atoms with Crippen molar-refractivity contribution in [3.05, 3.63) is 65.5 Å². The quantitative estimate of drug-likeness (QED) is 0.299. The topological polar surface area (TPSA) is 74.6 Å². The third-order valence-corrected chi connectivity index (χ3v) is 6.00. The Morgan fingerprint density at radius 1 is 1.12 bits per heavy atom. The van der Waals surface area contributed by atoms with Crippen molar-refractivity contribution in [2.45, 2.75) is 52.7 Å². The van der Waals surface area contributed by atoms with Crippen LogP contribution in [-0.4, -0.2) is 46.0 Å². The number of carbonyl (C=O) groups excluding carboxylic acids is 1. The number of carbonyl (C=O) groups is 1. The zero-order chi connectivity index (χ0) is 23.0. The average molecular weight is 447 g/mol. The minimum absolute atomic E-state index is 0.260. The van der Waals surface area contributed by atoms with Crippen molar-refractivity contribution in [1.82, 2.24) is 25.1 Å². The number of guanidine groups is 1. The van der Waals surface area contributed by atoms with Crippen LogP contribution in [0.5, 0.6) is 0 Å². The number of rotatable bonds is 9. The van der Waals surface area contributed by atoms with Crippen molar-refractivity contribution in [3.63, 3.8) is 0 Å². The molecule has 0 radical (unpaired) electrons. The number of hydrogen-bond acceptors (Lipinski definition) is 3. The fraction of sp³-hybridized carbons (Fsp3) is 0.423. The van der Waals surface area contributed by atoms with Gasteiger partial charge >= 0.3 is 0 Å². The fourth-order valence-electron chi connectivity index (χ4n) is 4.35. The number of fused-ring (bicyclic) bond motifs is 1. The molecular weight excluding hydrogens is 412 g/mol.